The average molecular weight is 527 g/mol. The number of rotatable bonds is 4. The van der Waals surface area contributed by atoms with Gasteiger partial charge in [0.1, 0.15) is 17.7 Å². The van der Waals surface area contributed by atoms with E-state index in [-0.39, 0.29) is 16.4 Å². The summed E-state index contributed by atoms with van der Waals surface area (Å²) in [5.41, 5.74) is 2.30. The second kappa shape index (κ2) is 14.8. The van der Waals surface area contributed by atoms with Crippen molar-refractivity contribution in [1.82, 2.24) is 5.16 Å². The first-order chi connectivity index (χ1) is 14.4. The molecule has 2 aromatic rings. The molecule has 0 radical (unpaired) electrons. The Hall–Kier alpha value is -1.24. The first-order valence-corrected chi connectivity index (χ1v) is 13.3. The molecule has 0 spiro atoms. The minimum absolute atomic E-state index is 0.0613. The molecule has 1 unspecified atom stereocenters. The molecule has 1 atom stereocenters. The summed E-state index contributed by atoms with van der Waals surface area (Å²) in [4.78, 5) is 11.6. The summed E-state index contributed by atoms with van der Waals surface area (Å²) in [6.45, 7) is 18.0. The molecule has 0 fully saturated rings. The van der Waals surface area contributed by atoms with Crippen LogP contribution in [0.5, 0.6) is 0 Å². The number of carbonyl (C=O) groups excluding carboxylic acids is 1. The van der Waals surface area contributed by atoms with E-state index in [9.17, 15) is 4.79 Å². The minimum Gasteiger partial charge on any atom is -0.363 e. The maximum Gasteiger partial charge on any atom is 0.142 e. The Morgan fingerprint density at radius 3 is 2.23 bits per heavy atom. The second-order valence-electron chi connectivity index (χ2n) is 7.99. The average Bonchev–Trinajstić information content (AvgIpc) is 3.15. The Morgan fingerprint density at radius 2 is 1.90 bits per heavy atom. The molecule has 0 bridgehead atoms. The maximum absolute atomic E-state index is 10.4. The van der Waals surface area contributed by atoms with Crippen LogP contribution in [0, 0.1) is 6.92 Å². The van der Waals surface area contributed by atoms with Crippen LogP contribution in [0.3, 0.4) is 0 Å². The van der Waals surface area contributed by atoms with E-state index in [0.717, 1.165) is 15.4 Å². The monoisotopic (exact) mass is 525 g/mol. The summed E-state index contributed by atoms with van der Waals surface area (Å²) < 4.78 is 5.72. The number of ketones is 1. The van der Waals surface area contributed by atoms with Crippen molar-refractivity contribution in [3.63, 3.8) is 0 Å². The predicted molar refractivity (Wildman–Crippen MR) is 144 cm³/mol. The largest absolute Gasteiger partial charge is 0.363 e. The number of hydrogen-bond acceptors (Lipinski definition) is 5. The van der Waals surface area contributed by atoms with Gasteiger partial charge in [-0.1, -0.05) is 62.3 Å². The molecule has 0 amide bonds. The Morgan fingerprint density at radius 1 is 1.29 bits per heavy atom. The molecule has 31 heavy (non-hydrogen) atoms. The lowest BCUT2D eigenvalue weighted by atomic mass is 9.93. The molecule has 1 heterocycles. The van der Waals surface area contributed by atoms with Gasteiger partial charge in [0, 0.05) is 10.3 Å². The van der Waals surface area contributed by atoms with Crippen molar-refractivity contribution in [1.29, 1.82) is 0 Å². The number of benzene rings is 1. The maximum atomic E-state index is 10.4. The van der Waals surface area contributed by atoms with Gasteiger partial charge in [0.25, 0.3) is 0 Å². The summed E-state index contributed by atoms with van der Waals surface area (Å²) in [5.74, 6) is 0.257. The Bertz CT molecular complexity index is 959. The van der Waals surface area contributed by atoms with Crippen molar-refractivity contribution in [2.45, 2.75) is 59.1 Å². The van der Waals surface area contributed by atoms with Crippen molar-refractivity contribution >= 4 is 57.9 Å². The normalized spacial score (nSPS) is 13.0. The van der Waals surface area contributed by atoms with Crippen LogP contribution in [0.2, 0.25) is 0 Å². The zero-order valence-corrected chi connectivity index (χ0v) is 23.4. The molecule has 0 aliphatic carbocycles. The molecule has 2 rings (SSSR count). The quantitative estimate of drug-likeness (QED) is 0.454. The third-order valence-electron chi connectivity index (χ3n) is 4.28. The lowest BCUT2D eigenvalue weighted by Crippen LogP contribution is -2.22. The molecular weight excluding hydrogens is 490 g/mol. The van der Waals surface area contributed by atoms with E-state index < -0.39 is 0 Å². The van der Waals surface area contributed by atoms with E-state index in [0.29, 0.717) is 0 Å². The SMILES string of the molecule is C=c1ccc(C)c/c1=C/C(=C\C)SC.CC(C)(C)c1nocc1Br.CSC(C)C(C)=O. The van der Waals surface area contributed by atoms with Gasteiger partial charge in [0.05, 0.1) is 9.72 Å². The minimum atomic E-state index is 0.0613. The third-order valence-corrected chi connectivity index (χ3v) is 6.71. The highest BCUT2D eigenvalue weighted by Gasteiger charge is 2.20. The van der Waals surface area contributed by atoms with Crippen LogP contribution in [0.25, 0.3) is 12.7 Å². The molecule has 0 saturated heterocycles. The van der Waals surface area contributed by atoms with Gasteiger partial charge in [-0.3, -0.25) is 4.79 Å². The van der Waals surface area contributed by atoms with Gasteiger partial charge in [-0.25, -0.2) is 0 Å². The van der Waals surface area contributed by atoms with Crippen molar-refractivity contribution in [2.75, 3.05) is 12.5 Å². The number of aromatic nitrogens is 1. The van der Waals surface area contributed by atoms with E-state index in [1.54, 1.807) is 36.7 Å². The summed E-state index contributed by atoms with van der Waals surface area (Å²) in [7, 11) is 0. The number of halogens is 1. The molecule has 0 aliphatic rings. The number of thioether (sulfide) groups is 2. The van der Waals surface area contributed by atoms with E-state index >= 15 is 0 Å². The fourth-order valence-electron chi connectivity index (χ4n) is 2.15. The van der Waals surface area contributed by atoms with Gasteiger partial charge in [-0.2, -0.15) is 11.8 Å². The van der Waals surface area contributed by atoms with E-state index in [2.05, 4.69) is 98.9 Å². The fourth-order valence-corrected chi connectivity index (χ4v) is 3.71. The molecule has 0 saturated carbocycles. The zero-order valence-electron chi connectivity index (χ0n) is 20.2. The highest BCUT2D eigenvalue weighted by molar-refractivity contribution is 9.10. The van der Waals surface area contributed by atoms with Gasteiger partial charge in [0.2, 0.25) is 0 Å². The number of hydrogen-bond donors (Lipinski definition) is 0. The lowest BCUT2D eigenvalue weighted by Gasteiger charge is -2.13. The Balaban J connectivity index is 0.000000465. The smallest absolute Gasteiger partial charge is 0.142 e. The van der Waals surface area contributed by atoms with Crippen LogP contribution >= 0.6 is 39.5 Å². The van der Waals surface area contributed by atoms with Crippen LogP contribution < -0.4 is 10.4 Å². The number of nitrogens with zero attached hydrogens (tertiary/aromatic N) is 1. The van der Waals surface area contributed by atoms with E-state index in [1.807, 2.05) is 13.2 Å². The lowest BCUT2D eigenvalue weighted by molar-refractivity contribution is -0.116. The van der Waals surface area contributed by atoms with E-state index in [1.165, 1.54) is 15.7 Å². The molecule has 172 valence electrons. The van der Waals surface area contributed by atoms with Crippen molar-refractivity contribution < 1.29 is 9.32 Å². The highest BCUT2D eigenvalue weighted by Crippen LogP contribution is 2.27. The van der Waals surface area contributed by atoms with Gasteiger partial charge in [-0.15, -0.1) is 11.8 Å². The topological polar surface area (TPSA) is 43.1 Å². The molecule has 3 nitrogen and oxygen atoms in total. The first-order valence-electron chi connectivity index (χ1n) is 9.98. The molecule has 1 aromatic heterocycles. The summed E-state index contributed by atoms with van der Waals surface area (Å²) >= 11 is 6.69. The summed E-state index contributed by atoms with van der Waals surface area (Å²) in [6, 6.07) is 6.32. The van der Waals surface area contributed by atoms with Gasteiger partial charge >= 0.3 is 0 Å². The molecule has 0 aliphatic heterocycles. The van der Waals surface area contributed by atoms with Crippen LogP contribution in [-0.2, 0) is 10.2 Å². The fraction of sp³-hybridized carbons (Fsp3) is 0.440. The molecule has 1 aromatic carbocycles. The zero-order chi connectivity index (χ0) is 24.2. The first kappa shape index (κ1) is 29.8. The van der Waals surface area contributed by atoms with Crippen molar-refractivity contribution in [3.8, 4) is 0 Å². The van der Waals surface area contributed by atoms with Gasteiger partial charge < -0.3 is 4.52 Å². The molecule has 6 heteroatoms. The van der Waals surface area contributed by atoms with Crippen LogP contribution in [0.4, 0.5) is 0 Å². The number of Topliss-reactive ketones (excluding diaryl/α,β-unsaturated/α-hetero) is 1. The number of aryl methyl sites for hydroxylation is 1. The third kappa shape index (κ3) is 11.8. The number of carbonyl (C=O) groups is 1. The summed E-state index contributed by atoms with van der Waals surface area (Å²) in [5, 5.41) is 6.35. The Kier molecular flexibility index (Phi) is 14.2. The van der Waals surface area contributed by atoms with Crippen LogP contribution in [-0.4, -0.2) is 28.7 Å². The van der Waals surface area contributed by atoms with Gasteiger partial charge in [0.15, 0.2) is 0 Å². The predicted octanol–water partition coefficient (Wildman–Crippen LogP) is 6.51. The number of allylic oxidation sites excluding steroid dienone is 2. The second-order valence-corrected chi connectivity index (χ2v) is 10.9. The van der Waals surface area contributed by atoms with Crippen LogP contribution in [0.1, 0.15) is 52.8 Å². The van der Waals surface area contributed by atoms with Gasteiger partial charge in [-0.05, 0) is 72.6 Å². The van der Waals surface area contributed by atoms with Crippen molar-refractivity contribution in [3.05, 3.63) is 61.6 Å². The van der Waals surface area contributed by atoms with Crippen molar-refractivity contribution in [2.24, 2.45) is 0 Å². The van der Waals surface area contributed by atoms with E-state index in [4.69, 9.17) is 4.52 Å². The summed E-state index contributed by atoms with van der Waals surface area (Å²) in [6.07, 6.45) is 9.92. The standard InChI is InChI=1S/C13H16S.C7H10BrNO.C5H10OS/c1-5-13(14-4)9-12-8-10(2)6-7-11(12)3;1-7(2,3)6-5(8)4-10-9-6;1-4(6)5(2)7-3/h5-9H,3H2,1-2,4H3;4H,1-3H3;5H,1-3H3/b12-9-,13-5+;;. The highest BCUT2D eigenvalue weighted by atomic mass is 79.9. The molecule has 0 N–H and O–H groups in total. The molecular formula is C25H36BrNO2S2. The van der Waals surface area contributed by atoms with Crippen LogP contribution in [0.15, 0.2) is 44.4 Å². The Labute approximate surface area is 205 Å².